The highest BCUT2D eigenvalue weighted by Crippen LogP contribution is 2.32. The SMILES string of the molecule is C[C@@H]1C[C@@H](Sc2nncn2-c2ccccc2F)C(=O)O1. The highest BCUT2D eigenvalue weighted by atomic mass is 32.2. The number of nitrogens with zero attached hydrogens (tertiary/aromatic N) is 3. The maximum Gasteiger partial charge on any atom is 0.319 e. The summed E-state index contributed by atoms with van der Waals surface area (Å²) in [6.07, 6.45) is 1.96. The Kier molecular flexibility index (Phi) is 3.43. The molecule has 0 saturated carbocycles. The Bertz CT molecular complexity index is 646. The minimum atomic E-state index is -0.364. The molecule has 2 heterocycles. The zero-order valence-electron chi connectivity index (χ0n) is 10.7. The summed E-state index contributed by atoms with van der Waals surface area (Å²) in [6.45, 7) is 1.85. The van der Waals surface area contributed by atoms with Crippen molar-refractivity contribution in [2.75, 3.05) is 0 Å². The number of halogens is 1. The smallest absolute Gasteiger partial charge is 0.319 e. The Balaban J connectivity index is 1.88. The monoisotopic (exact) mass is 293 g/mol. The van der Waals surface area contributed by atoms with Gasteiger partial charge >= 0.3 is 5.97 Å². The van der Waals surface area contributed by atoms with Crippen molar-refractivity contribution in [3.05, 3.63) is 36.4 Å². The van der Waals surface area contributed by atoms with Crippen LogP contribution < -0.4 is 0 Å². The summed E-state index contributed by atoms with van der Waals surface area (Å²) in [5.74, 6) is -0.623. The molecule has 7 heteroatoms. The minimum Gasteiger partial charge on any atom is -0.462 e. The van der Waals surface area contributed by atoms with Crippen molar-refractivity contribution in [2.24, 2.45) is 0 Å². The molecule has 2 atom stereocenters. The molecule has 0 amide bonds. The number of carbonyl (C=O) groups is 1. The Hall–Kier alpha value is -1.89. The van der Waals surface area contributed by atoms with Crippen molar-refractivity contribution in [1.82, 2.24) is 14.8 Å². The fourth-order valence-corrected chi connectivity index (χ4v) is 3.19. The maximum atomic E-state index is 13.8. The average Bonchev–Trinajstić information content (AvgIpc) is 2.98. The van der Waals surface area contributed by atoms with Crippen LogP contribution >= 0.6 is 11.8 Å². The van der Waals surface area contributed by atoms with Gasteiger partial charge in [-0.25, -0.2) is 4.39 Å². The van der Waals surface area contributed by atoms with Crippen LogP contribution in [-0.4, -0.2) is 32.1 Å². The quantitative estimate of drug-likeness (QED) is 0.812. The molecule has 1 aliphatic heterocycles. The van der Waals surface area contributed by atoms with Crippen molar-refractivity contribution in [3.63, 3.8) is 0 Å². The number of carbonyl (C=O) groups excluding carboxylic acids is 1. The largest absolute Gasteiger partial charge is 0.462 e. The van der Waals surface area contributed by atoms with Crippen LogP contribution in [0, 0.1) is 5.82 Å². The third kappa shape index (κ3) is 2.40. The topological polar surface area (TPSA) is 57.0 Å². The second-order valence-electron chi connectivity index (χ2n) is 4.52. The van der Waals surface area contributed by atoms with E-state index in [1.807, 2.05) is 6.92 Å². The van der Waals surface area contributed by atoms with Crippen molar-refractivity contribution in [3.8, 4) is 5.69 Å². The number of hydrogen-bond acceptors (Lipinski definition) is 5. The first-order chi connectivity index (χ1) is 9.65. The molecule has 2 aromatic rings. The van der Waals surface area contributed by atoms with Gasteiger partial charge in [-0.3, -0.25) is 9.36 Å². The normalized spacial score (nSPS) is 22.0. The van der Waals surface area contributed by atoms with Gasteiger partial charge in [0, 0.05) is 6.42 Å². The van der Waals surface area contributed by atoms with Gasteiger partial charge in [0.2, 0.25) is 0 Å². The van der Waals surface area contributed by atoms with E-state index in [-0.39, 0.29) is 23.1 Å². The molecule has 5 nitrogen and oxygen atoms in total. The third-order valence-corrected chi connectivity index (χ3v) is 4.16. The molecule has 1 fully saturated rings. The third-order valence-electron chi connectivity index (χ3n) is 3.00. The number of benzene rings is 1. The van der Waals surface area contributed by atoms with Gasteiger partial charge in [-0.2, -0.15) is 0 Å². The van der Waals surface area contributed by atoms with E-state index in [0.29, 0.717) is 17.3 Å². The van der Waals surface area contributed by atoms with Gasteiger partial charge in [-0.1, -0.05) is 23.9 Å². The van der Waals surface area contributed by atoms with Crippen LogP contribution in [0.4, 0.5) is 4.39 Å². The molecule has 20 heavy (non-hydrogen) atoms. The molecule has 3 rings (SSSR count). The average molecular weight is 293 g/mol. The summed E-state index contributed by atoms with van der Waals surface area (Å²) in [4.78, 5) is 11.7. The molecule has 0 N–H and O–H groups in total. The van der Waals surface area contributed by atoms with E-state index in [1.54, 1.807) is 18.2 Å². The van der Waals surface area contributed by atoms with Gasteiger partial charge in [0.15, 0.2) is 5.16 Å². The molecule has 1 saturated heterocycles. The Morgan fingerprint density at radius 3 is 2.95 bits per heavy atom. The lowest BCUT2D eigenvalue weighted by atomic mass is 10.3. The van der Waals surface area contributed by atoms with Crippen LogP contribution in [0.2, 0.25) is 0 Å². The van der Waals surface area contributed by atoms with Crippen LogP contribution in [0.25, 0.3) is 5.69 Å². The zero-order chi connectivity index (χ0) is 14.1. The van der Waals surface area contributed by atoms with Gasteiger partial charge in [0.1, 0.15) is 23.5 Å². The highest BCUT2D eigenvalue weighted by Gasteiger charge is 2.34. The number of para-hydroxylation sites is 1. The Morgan fingerprint density at radius 2 is 2.25 bits per heavy atom. The van der Waals surface area contributed by atoms with E-state index in [2.05, 4.69) is 10.2 Å². The van der Waals surface area contributed by atoms with Gasteiger partial charge in [-0.05, 0) is 19.1 Å². The van der Waals surface area contributed by atoms with E-state index < -0.39 is 0 Å². The Morgan fingerprint density at radius 1 is 1.45 bits per heavy atom. The van der Waals surface area contributed by atoms with Gasteiger partial charge in [-0.15, -0.1) is 10.2 Å². The van der Waals surface area contributed by atoms with E-state index in [0.717, 1.165) is 0 Å². The molecule has 1 aliphatic rings. The summed E-state index contributed by atoms with van der Waals surface area (Å²) in [5.41, 5.74) is 0.361. The lowest BCUT2D eigenvalue weighted by Gasteiger charge is -2.08. The molecule has 0 spiro atoms. The van der Waals surface area contributed by atoms with Crippen LogP contribution in [0.3, 0.4) is 0 Å². The van der Waals surface area contributed by atoms with Gasteiger partial charge in [0.25, 0.3) is 0 Å². The van der Waals surface area contributed by atoms with Crippen LogP contribution in [0.15, 0.2) is 35.7 Å². The standard InChI is InChI=1S/C13H12FN3O2S/c1-8-6-11(12(18)19-8)20-13-16-15-7-17(13)10-5-3-2-4-9(10)14/h2-5,7-8,11H,6H2,1H3/t8-,11-/m1/s1. The van der Waals surface area contributed by atoms with E-state index in [4.69, 9.17) is 4.74 Å². The number of esters is 1. The molecule has 104 valence electrons. The fourth-order valence-electron chi connectivity index (χ4n) is 2.06. The predicted molar refractivity (Wildman–Crippen MR) is 71.1 cm³/mol. The first-order valence-electron chi connectivity index (χ1n) is 6.17. The molecule has 0 aliphatic carbocycles. The zero-order valence-corrected chi connectivity index (χ0v) is 11.5. The summed E-state index contributed by atoms with van der Waals surface area (Å²) >= 11 is 1.25. The number of cyclic esters (lactones) is 1. The number of hydrogen-bond donors (Lipinski definition) is 0. The maximum absolute atomic E-state index is 13.8. The van der Waals surface area contributed by atoms with E-state index in [9.17, 15) is 9.18 Å². The predicted octanol–water partition coefficient (Wildman–Crippen LogP) is 2.20. The van der Waals surface area contributed by atoms with E-state index >= 15 is 0 Å². The lowest BCUT2D eigenvalue weighted by Crippen LogP contribution is -2.11. The molecular formula is C13H12FN3O2S. The second-order valence-corrected chi connectivity index (χ2v) is 5.69. The van der Waals surface area contributed by atoms with Crippen molar-refractivity contribution < 1.29 is 13.9 Å². The number of ether oxygens (including phenoxy) is 1. The molecule has 1 aromatic carbocycles. The van der Waals surface area contributed by atoms with E-state index in [1.165, 1.54) is 28.7 Å². The second kappa shape index (κ2) is 5.24. The first-order valence-corrected chi connectivity index (χ1v) is 7.05. The Labute approximate surface area is 119 Å². The fraction of sp³-hybridized carbons (Fsp3) is 0.308. The number of thioether (sulfide) groups is 1. The summed E-state index contributed by atoms with van der Waals surface area (Å²) < 4.78 is 20.4. The van der Waals surface area contributed by atoms with Crippen LogP contribution in [0.5, 0.6) is 0 Å². The van der Waals surface area contributed by atoms with Crippen molar-refractivity contribution in [1.29, 1.82) is 0 Å². The first kappa shape index (κ1) is 13.1. The van der Waals surface area contributed by atoms with Gasteiger partial charge < -0.3 is 4.74 Å². The number of aromatic nitrogens is 3. The summed E-state index contributed by atoms with van der Waals surface area (Å²) in [7, 11) is 0. The van der Waals surface area contributed by atoms with Gasteiger partial charge in [0.05, 0.1) is 5.69 Å². The molecule has 0 unspecified atom stereocenters. The molecular weight excluding hydrogens is 281 g/mol. The van der Waals surface area contributed by atoms with Crippen LogP contribution in [-0.2, 0) is 9.53 Å². The number of rotatable bonds is 3. The molecule has 0 bridgehead atoms. The van der Waals surface area contributed by atoms with Crippen molar-refractivity contribution in [2.45, 2.75) is 29.9 Å². The minimum absolute atomic E-state index is 0.0927. The summed E-state index contributed by atoms with van der Waals surface area (Å²) in [6, 6.07) is 6.36. The van der Waals surface area contributed by atoms with Crippen molar-refractivity contribution >= 4 is 17.7 Å². The summed E-state index contributed by atoms with van der Waals surface area (Å²) in [5, 5.41) is 7.92. The van der Waals surface area contributed by atoms with Crippen LogP contribution in [0.1, 0.15) is 13.3 Å². The highest BCUT2D eigenvalue weighted by molar-refractivity contribution is 8.00. The molecule has 1 aromatic heterocycles. The lowest BCUT2D eigenvalue weighted by molar-refractivity contribution is -0.140. The molecule has 0 radical (unpaired) electrons.